The van der Waals surface area contributed by atoms with Gasteiger partial charge < -0.3 is 5.84 Å². The molecule has 1 aromatic carbocycles. The van der Waals surface area contributed by atoms with Gasteiger partial charge in [-0.25, -0.2) is 4.68 Å². The van der Waals surface area contributed by atoms with Crippen LogP contribution in [-0.2, 0) is 0 Å². The molecule has 0 aliphatic carbocycles. The monoisotopic (exact) mass is 263 g/mol. The van der Waals surface area contributed by atoms with Crippen molar-refractivity contribution in [3.05, 3.63) is 77.3 Å². The third kappa shape index (κ3) is 2.19. The number of hydrogen-bond acceptors (Lipinski definition) is 3. The second-order valence-corrected chi connectivity index (χ2v) is 4.45. The molecule has 0 saturated heterocycles. The zero-order valence-corrected chi connectivity index (χ0v) is 10.7. The topological polar surface area (TPSA) is 60.9 Å². The van der Waals surface area contributed by atoms with Gasteiger partial charge in [-0.05, 0) is 17.7 Å². The first-order valence-corrected chi connectivity index (χ1v) is 6.24. The molecule has 20 heavy (non-hydrogen) atoms. The summed E-state index contributed by atoms with van der Waals surface area (Å²) in [7, 11) is 0. The summed E-state index contributed by atoms with van der Waals surface area (Å²) in [6.07, 6.45) is 3.43. The fourth-order valence-electron chi connectivity index (χ4n) is 2.11. The number of rotatable bonds is 2. The van der Waals surface area contributed by atoms with Crippen molar-refractivity contribution >= 4 is 0 Å². The maximum atomic E-state index is 12.0. The molecular weight excluding hydrogens is 250 g/mol. The Bertz CT molecular complexity index is 780. The minimum absolute atomic E-state index is 0.245. The number of aromatic nitrogens is 2. The van der Waals surface area contributed by atoms with Crippen molar-refractivity contribution in [2.45, 2.75) is 0 Å². The molecular formula is C16H13N3O. The van der Waals surface area contributed by atoms with Crippen molar-refractivity contribution in [2.75, 3.05) is 5.84 Å². The van der Waals surface area contributed by atoms with Gasteiger partial charge in [-0.2, -0.15) is 0 Å². The summed E-state index contributed by atoms with van der Waals surface area (Å²) in [4.78, 5) is 16.1. The quantitative estimate of drug-likeness (QED) is 0.722. The van der Waals surface area contributed by atoms with Gasteiger partial charge in [0.15, 0.2) is 0 Å². The average Bonchev–Trinajstić information content (AvgIpc) is 2.51. The molecule has 3 rings (SSSR count). The van der Waals surface area contributed by atoms with Gasteiger partial charge in [-0.3, -0.25) is 9.78 Å². The van der Waals surface area contributed by atoms with Crippen LogP contribution in [0.3, 0.4) is 0 Å². The summed E-state index contributed by atoms with van der Waals surface area (Å²) in [6.45, 7) is 0. The van der Waals surface area contributed by atoms with E-state index in [4.69, 9.17) is 5.84 Å². The Labute approximate surface area is 116 Å². The van der Waals surface area contributed by atoms with E-state index >= 15 is 0 Å². The third-order valence-corrected chi connectivity index (χ3v) is 3.13. The lowest BCUT2D eigenvalue weighted by Gasteiger charge is -2.10. The van der Waals surface area contributed by atoms with E-state index in [1.54, 1.807) is 12.4 Å². The number of hydrogen-bond donors (Lipinski definition) is 1. The zero-order valence-electron chi connectivity index (χ0n) is 10.7. The molecule has 2 aromatic heterocycles. The highest BCUT2D eigenvalue weighted by Gasteiger charge is 2.08. The van der Waals surface area contributed by atoms with Gasteiger partial charge in [0, 0.05) is 29.6 Å². The smallest absolute Gasteiger partial charge is 0.269 e. The van der Waals surface area contributed by atoms with Crippen molar-refractivity contribution < 1.29 is 0 Å². The minimum Gasteiger partial charge on any atom is -0.336 e. The molecule has 0 bridgehead atoms. The second kappa shape index (κ2) is 5.01. The Kier molecular flexibility index (Phi) is 3.05. The van der Waals surface area contributed by atoms with Gasteiger partial charge in [0.25, 0.3) is 5.56 Å². The standard InChI is InChI=1S/C16H13N3O/c17-19-15(12-5-2-1-3-6-12)9-14(10-16(19)20)13-7-4-8-18-11-13/h1-11H,17H2. The Morgan fingerprint density at radius 3 is 2.35 bits per heavy atom. The molecule has 0 aliphatic heterocycles. The molecule has 98 valence electrons. The van der Waals surface area contributed by atoms with E-state index < -0.39 is 0 Å². The van der Waals surface area contributed by atoms with Crippen LogP contribution in [0.1, 0.15) is 0 Å². The highest BCUT2D eigenvalue weighted by molar-refractivity contribution is 5.70. The van der Waals surface area contributed by atoms with Crippen LogP contribution < -0.4 is 11.4 Å². The lowest BCUT2D eigenvalue weighted by atomic mass is 10.0. The van der Waals surface area contributed by atoms with E-state index in [2.05, 4.69) is 4.98 Å². The Morgan fingerprint density at radius 2 is 1.65 bits per heavy atom. The largest absolute Gasteiger partial charge is 0.336 e. The van der Waals surface area contributed by atoms with Crippen LogP contribution in [0.15, 0.2) is 71.8 Å². The molecule has 0 unspecified atom stereocenters. The molecule has 0 radical (unpaired) electrons. The SMILES string of the molecule is Nn1c(-c2ccccc2)cc(-c2cccnc2)cc1=O. The first-order chi connectivity index (χ1) is 9.75. The lowest BCUT2D eigenvalue weighted by molar-refractivity contribution is 0.948. The normalized spacial score (nSPS) is 10.4. The Hall–Kier alpha value is -2.88. The molecule has 4 nitrogen and oxygen atoms in total. The summed E-state index contributed by atoms with van der Waals surface area (Å²) in [6, 6.07) is 16.8. The molecule has 3 aromatic rings. The van der Waals surface area contributed by atoms with Gasteiger partial charge in [0.2, 0.25) is 0 Å². The minimum atomic E-state index is -0.245. The number of nitrogen functional groups attached to an aromatic ring is 1. The van der Waals surface area contributed by atoms with Crippen LogP contribution in [0.5, 0.6) is 0 Å². The number of nitrogens with zero attached hydrogens (tertiary/aromatic N) is 2. The maximum absolute atomic E-state index is 12.0. The predicted octanol–water partition coefficient (Wildman–Crippen LogP) is 2.29. The first kappa shape index (κ1) is 12.2. The van der Waals surface area contributed by atoms with E-state index in [1.165, 1.54) is 6.07 Å². The molecule has 0 spiro atoms. The first-order valence-electron chi connectivity index (χ1n) is 6.24. The van der Waals surface area contributed by atoms with Crippen molar-refractivity contribution in [3.63, 3.8) is 0 Å². The van der Waals surface area contributed by atoms with E-state index in [0.29, 0.717) is 5.69 Å². The average molecular weight is 263 g/mol. The number of nitrogens with two attached hydrogens (primary N) is 1. The predicted molar refractivity (Wildman–Crippen MR) is 79.5 cm³/mol. The molecule has 4 heteroatoms. The van der Waals surface area contributed by atoms with Crippen LogP contribution in [0.4, 0.5) is 0 Å². The molecule has 2 N–H and O–H groups in total. The highest BCUT2D eigenvalue weighted by atomic mass is 16.1. The third-order valence-electron chi connectivity index (χ3n) is 3.13. The second-order valence-electron chi connectivity index (χ2n) is 4.45. The molecule has 0 aliphatic rings. The molecule has 0 amide bonds. The summed E-state index contributed by atoms with van der Waals surface area (Å²) < 4.78 is 1.16. The van der Waals surface area contributed by atoms with Crippen molar-refractivity contribution in [2.24, 2.45) is 0 Å². The fraction of sp³-hybridized carbons (Fsp3) is 0. The van der Waals surface area contributed by atoms with Gasteiger partial charge >= 0.3 is 0 Å². The van der Waals surface area contributed by atoms with E-state index in [1.807, 2.05) is 48.5 Å². The number of pyridine rings is 2. The van der Waals surface area contributed by atoms with Crippen LogP contribution in [0.2, 0.25) is 0 Å². The van der Waals surface area contributed by atoms with Gasteiger partial charge in [0.05, 0.1) is 5.69 Å². The van der Waals surface area contributed by atoms with Gasteiger partial charge in [-0.15, -0.1) is 0 Å². The van der Waals surface area contributed by atoms with Crippen LogP contribution in [-0.4, -0.2) is 9.66 Å². The summed E-state index contributed by atoms with van der Waals surface area (Å²) in [5.41, 5.74) is 3.03. The fourth-order valence-corrected chi connectivity index (χ4v) is 2.11. The Morgan fingerprint density at radius 1 is 0.900 bits per heavy atom. The van der Waals surface area contributed by atoms with Gasteiger partial charge in [0.1, 0.15) is 0 Å². The van der Waals surface area contributed by atoms with Crippen LogP contribution >= 0.6 is 0 Å². The lowest BCUT2D eigenvalue weighted by Crippen LogP contribution is -2.28. The van der Waals surface area contributed by atoms with Crippen LogP contribution in [0, 0.1) is 0 Å². The Balaban J connectivity index is 2.22. The van der Waals surface area contributed by atoms with Crippen molar-refractivity contribution in [3.8, 4) is 22.4 Å². The molecule has 2 heterocycles. The highest BCUT2D eigenvalue weighted by Crippen LogP contribution is 2.23. The zero-order chi connectivity index (χ0) is 13.9. The maximum Gasteiger partial charge on any atom is 0.269 e. The van der Waals surface area contributed by atoms with E-state index in [9.17, 15) is 4.79 Å². The summed E-state index contributed by atoms with van der Waals surface area (Å²) in [5, 5.41) is 0. The van der Waals surface area contributed by atoms with E-state index in [-0.39, 0.29) is 5.56 Å². The number of benzene rings is 1. The van der Waals surface area contributed by atoms with Crippen molar-refractivity contribution in [1.29, 1.82) is 0 Å². The summed E-state index contributed by atoms with van der Waals surface area (Å²) in [5.74, 6) is 5.85. The van der Waals surface area contributed by atoms with Crippen molar-refractivity contribution in [1.82, 2.24) is 9.66 Å². The van der Waals surface area contributed by atoms with E-state index in [0.717, 1.165) is 21.4 Å². The summed E-state index contributed by atoms with van der Waals surface area (Å²) >= 11 is 0. The van der Waals surface area contributed by atoms with Crippen LogP contribution in [0.25, 0.3) is 22.4 Å². The molecule has 0 fully saturated rings. The molecule has 0 saturated carbocycles. The molecule has 0 atom stereocenters. The van der Waals surface area contributed by atoms with Gasteiger partial charge in [-0.1, -0.05) is 36.4 Å².